The summed E-state index contributed by atoms with van der Waals surface area (Å²) in [6, 6.07) is 0. The fourth-order valence-corrected chi connectivity index (χ4v) is 3.54. The Morgan fingerprint density at radius 3 is 0.974 bits per heavy atom. The minimum Gasteiger partial charge on any atom is -0.545 e. The van der Waals surface area contributed by atoms with Crippen molar-refractivity contribution < 1.29 is 66.2 Å². The van der Waals surface area contributed by atoms with E-state index in [9.17, 15) is 29.4 Å². The van der Waals surface area contributed by atoms with Gasteiger partial charge in [-0.1, -0.05) is 117 Å². The standard InChI is InChI=1S/2C15H26O4.Cd/c2*1-2-3-4-5-6-7-8-9-10-13-19-15(18)12-11-14(16)17;/h2*11-12H,2-10,13H2,1H3,(H,16,17);/q;;+2/p-2/b2*12-11-;. The second-order valence-corrected chi connectivity index (χ2v) is 9.30. The van der Waals surface area contributed by atoms with Crippen molar-refractivity contribution in [2.75, 3.05) is 13.2 Å². The molecule has 0 amide bonds. The van der Waals surface area contributed by atoms with Gasteiger partial charge in [-0.05, 0) is 25.0 Å². The minimum absolute atomic E-state index is 0. The Bertz CT molecular complexity index is 605. The molecule has 0 N–H and O–H groups in total. The Labute approximate surface area is 256 Å². The molecule has 8 nitrogen and oxygen atoms in total. The molecule has 0 atom stereocenters. The van der Waals surface area contributed by atoms with Gasteiger partial charge >= 0.3 is 39.2 Å². The van der Waals surface area contributed by atoms with Gasteiger partial charge in [0.15, 0.2) is 0 Å². The molecular weight excluding hydrogens is 601 g/mol. The number of esters is 2. The Kier molecular flexibility index (Phi) is 36.7. The van der Waals surface area contributed by atoms with E-state index in [-0.39, 0.29) is 27.3 Å². The molecule has 0 saturated carbocycles. The number of carbonyl (C=O) groups is 4. The van der Waals surface area contributed by atoms with Crippen LogP contribution in [0.2, 0.25) is 0 Å². The monoisotopic (exact) mass is 652 g/mol. The number of hydrogen-bond donors (Lipinski definition) is 0. The van der Waals surface area contributed by atoms with E-state index in [0.29, 0.717) is 25.4 Å². The molecule has 0 radical (unpaired) electrons. The summed E-state index contributed by atoms with van der Waals surface area (Å²) < 4.78 is 9.67. The number of carbonyl (C=O) groups excluding carboxylic acids is 4. The molecule has 0 saturated heterocycles. The summed E-state index contributed by atoms with van der Waals surface area (Å²) in [7, 11) is 0. The zero-order valence-electron chi connectivity index (χ0n) is 24.4. The maximum atomic E-state index is 11.0. The summed E-state index contributed by atoms with van der Waals surface area (Å²) in [5, 5.41) is 20.1. The largest absolute Gasteiger partial charge is 2.00 e. The summed E-state index contributed by atoms with van der Waals surface area (Å²) in [6.45, 7) is 5.13. The van der Waals surface area contributed by atoms with E-state index in [1.165, 1.54) is 89.9 Å². The Hall–Kier alpha value is -1.72. The smallest absolute Gasteiger partial charge is 0.545 e. The molecule has 0 aromatic rings. The first-order chi connectivity index (χ1) is 18.3. The summed E-state index contributed by atoms with van der Waals surface area (Å²) in [4.78, 5) is 42.0. The predicted molar refractivity (Wildman–Crippen MR) is 145 cm³/mol. The van der Waals surface area contributed by atoms with Gasteiger partial charge in [-0.2, -0.15) is 0 Å². The van der Waals surface area contributed by atoms with Crippen molar-refractivity contribution in [3.8, 4) is 0 Å². The van der Waals surface area contributed by atoms with E-state index in [0.717, 1.165) is 37.8 Å². The molecule has 0 fully saturated rings. The van der Waals surface area contributed by atoms with Gasteiger partial charge in [0.2, 0.25) is 0 Å². The van der Waals surface area contributed by atoms with Gasteiger partial charge in [0, 0.05) is 12.2 Å². The molecule has 220 valence electrons. The number of carboxylic acids is 2. The van der Waals surface area contributed by atoms with E-state index in [1.807, 2.05) is 0 Å². The average Bonchev–Trinajstić information content (AvgIpc) is 2.88. The summed E-state index contributed by atoms with van der Waals surface area (Å²) in [6.07, 6.45) is 24.8. The molecule has 0 heterocycles. The Balaban J connectivity index is -0.000000648. The molecule has 0 aliphatic heterocycles. The van der Waals surface area contributed by atoms with Crippen molar-refractivity contribution in [3.63, 3.8) is 0 Å². The van der Waals surface area contributed by atoms with Crippen LogP contribution < -0.4 is 10.2 Å². The number of rotatable bonds is 24. The van der Waals surface area contributed by atoms with Crippen LogP contribution in [-0.2, 0) is 56.0 Å². The molecule has 0 aliphatic rings. The van der Waals surface area contributed by atoms with Crippen LogP contribution in [-0.4, -0.2) is 37.1 Å². The molecule has 39 heavy (non-hydrogen) atoms. The Morgan fingerprint density at radius 2 is 0.718 bits per heavy atom. The maximum absolute atomic E-state index is 11.0. The third-order valence-electron chi connectivity index (χ3n) is 5.70. The number of aliphatic carboxylic acids is 2. The molecule has 0 aliphatic carbocycles. The van der Waals surface area contributed by atoms with Gasteiger partial charge in [-0.3, -0.25) is 0 Å². The predicted octanol–water partition coefficient (Wildman–Crippen LogP) is 4.73. The van der Waals surface area contributed by atoms with Crippen LogP contribution >= 0.6 is 0 Å². The zero-order valence-corrected chi connectivity index (χ0v) is 28.5. The fraction of sp³-hybridized carbons (Fsp3) is 0.733. The van der Waals surface area contributed by atoms with Crippen molar-refractivity contribution in [3.05, 3.63) is 24.3 Å². The van der Waals surface area contributed by atoms with Crippen molar-refractivity contribution in [1.29, 1.82) is 0 Å². The zero-order chi connectivity index (χ0) is 28.7. The summed E-state index contributed by atoms with van der Waals surface area (Å²) in [5.41, 5.74) is 0. The second kappa shape index (κ2) is 34.3. The van der Waals surface area contributed by atoms with Crippen LogP contribution in [0.4, 0.5) is 0 Å². The quantitative estimate of drug-likeness (QED) is 0.0634. The van der Waals surface area contributed by atoms with E-state index in [2.05, 4.69) is 13.8 Å². The first-order valence-corrected chi connectivity index (χ1v) is 14.4. The van der Waals surface area contributed by atoms with Crippen molar-refractivity contribution >= 4 is 23.9 Å². The first kappa shape index (κ1) is 41.8. The van der Waals surface area contributed by atoms with Crippen LogP contribution in [0.15, 0.2) is 24.3 Å². The molecule has 0 aromatic carbocycles. The molecule has 0 spiro atoms. The van der Waals surface area contributed by atoms with Crippen molar-refractivity contribution in [2.24, 2.45) is 0 Å². The minimum atomic E-state index is -1.39. The molecule has 0 bridgehead atoms. The van der Waals surface area contributed by atoms with Crippen LogP contribution in [0.1, 0.15) is 129 Å². The van der Waals surface area contributed by atoms with Crippen molar-refractivity contribution in [1.82, 2.24) is 0 Å². The van der Waals surface area contributed by atoms with Gasteiger partial charge in [0.1, 0.15) is 0 Å². The molecule has 0 aromatic heterocycles. The third kappa shape index (κ3) is 40.9. The van der Waals surface area contributed by atoms with Gasteiger partial charge in [0.25, 0.3) is 0 Å². The van der Waals surface area contributed by atoms with Gasteiger partial charge in [-0.25, -0.2) is 9.59 Å². The number of carboxylic acid groups (broad SMARTS) is 2. The van der Waals surface area contributed by atoms with Gasteiger partial charge in [-0.15, -0.1) is 0 Å². The maximum Gasteiger partial charge on any atom is 2.00 e. The van der Waals surface area contributed by atoms with Crippen LogP contribution in [0.5, 0.6) is 0 Å². The molecular formula is C30H50CdO8. The summed E-state index contributed by atoms with van der Waals surface area (Å²) in [5.74, 6) is -4.02. The van der Waals surface area contributed by atoms with E-state index >= 15 is 0 Å². The second-order valence-electron chi connectivity index (χ2n) is 9.30. The van der Waals surface area contributed by atoms with Gasteiger partial charge in [0.05, 0.1) is 25.2 Å². The van der Waals surface area contributed by atoms with Crippen LogP contribution in [0.3, 0.4) is 0 Å². The normalized spacial score (nSPS) is 10.5. The fourth-order valence-electron chi connectivity index (χ4n) is 3.54. The molecule has 9 heteroatoms. The Morgan fingerprint density at radius 1 is 0.462 bits per heavy atom. The van der Waals surface area contributed by atoms with Gasteiger partial charge < -0.3 is 29.3 Å². The van der Waals surface area contributed by atoms with Crippen molar-refractivity contribution in [2.45, 2.75) is 129 Å². The topological polar surface area (TPSA) is 133 Å². The number of ether oxygens (including phenoxy) is 2. The van der Waals surface area contributed by atoms with Crippen LogP contribution in [0.25, 0.3) is 0 Å². The number of hydrogen-bond acceptors (Lipinski definition) is 8. The SMILES string of the molecule is CCCCCCCCCCCOC(=O)/C=C\C(=O)[O-].CCCCCCCCCCCOC(=O)/C=C\C(=O)[O-].[Cd+2]. The van der Waals surface area contributed by atoms with Crippen LogP contribution in [0, 0.1) is 0 Å². The van der Waals surface area contributed by atoms with E-state index in [1.54, 1.807) is 0 Å². The first-order valence-electron chi connectivity index (χ1n) is 14.4. The third-order valence-corrected chi connectivity index (χ3v) is 5.70. The number of unbranched alkanes of at least 4 members (excludes halogenated alkanes) is 16. The molecule has 0 unspecified atom stereocenters. The molecule has 0 rings (SSSR count). The van der Waals surface area contributed by atoms with E-state index < -0.39 is 23.9 Å². The average molecular weight is 651 g/mol. The summed E-state index contributed by atoms with van der Waals surface area (Å²) >= 11 is 0. The van der Waals surface area contributed by atoms with E-state index in [4.69, 9.17) is 9.47 Å².